The second-order valence-corrected chi connectivity index (χ2v) is 5.34. The molecule has 0 atom stereocenters. The fourth-order valence-electron chi connectivity index (χ4n) is 1.69. The second-order valence-electron chi connectivity index (χ2n) is 5.34. The number of halogens is 1. The summed E-state index contributed by atoms with van der Waals surface area (Å²) in [5, 5.41) is 10.6. The lowest BCUT2D eigenvalue weighted by Gasteiger charge is -2.28. The van der Waals surface area contributed by atoms with E-state index in [2.05, 4.69) is 20.8 Å². The Bertz CT molecular complexity index is 427. The largest absolute Gasteiger partial charge is 0.374 e. The molecule has 0 aliphatic rings. The molecule has 0 unspecified atom stereocenters. The van der Waals surface area contributed by atoms with Gasteiger partial charge < -0.3 is 4.90 Å². The molecule has 17 heavy (non-hydrogen) atoms. The van der Waals surface area contributed by atoms with Crippen molar-refractivity contribution in [3.63, 3.8) is 0 Å². The SMILES string of the molecule is CN(CC(C)(C)C)c1cc(F)cc([N+](=O)[O-])c1. The first-order valence-electron chi connectivity index (χ1n) is 5.35. The molecule has 5 heteroatoms. The number of nitro benzene ring substituents is 1. The molecule has 0 amide bonds. The number of anilines is 1. The van der Waals surface area contributed by atoms with Crippen molar-refractivity contribution in [1.29, 1.82) is 0 Å². The van der Waals surface area contributed by atoms with Gasteiger partial charge in [-0.2, -0.15) is 0 Å². The molecular weight excluding hydrogens is 223 g/mol. The normalized spacial score (nSPS) is 11.4. The Balaban J connectivity index is 3.01. The summed E-state index contributed by atoms with van der Waals surface area (Å²) in [6.07, 6.45) is 0. The lowest BCUT2D eigenvalue weighted by Crippen LogP contribution is -2.29. The number of non-ortho nitro benzene ring substituents is 1. The molecule has 1 aromatic carbocycles. The summed E-state index contributed by atoms with van der Waals surface area (Å²) in [4.78, 5) is 11.9. The molecule has 0 saturated carbocycles. The van der Waals surface area contributed by atoms with Gasteiger partial charge in [-0.15, -0.1) is 0 Å². The van der Waals surface area contributed by atoms with E-state index >= 15 is 0 Å². The molecule has 0 spiro atoms. The summed E-state index contributed by atoms with van der Waals surface area (Å²) >= 11 is 0. The molecule has 94 valence electrons. The van der Waals surface area contributed by atoms with Gasteiger partial charge in [0.15, 0.2) is 0 Å². The number of nitrogens with zero attached hydrogens (tertiary/aromatic N) is 2. The van der Waals surface area contributed by atoms with Crippen LogP contribution >= 0.6 is 0 Å². The molecule has 0 aliphatic heterocycles. The fourth-order valence-corrected chi connectivity index (χ4v) is 1.69. The van der Waals surface area contributed by atoms with Gasteiger partial charge in [0, 0.05) is 25.3 Å². The molecule has 0 radical (unpaired) electrons. The highest BCUT2D eigenvalue weighted by Gasteiger charge is 2.17. The van der Waals surface area contributed by atoms with Gasteiger partial charge in [-0.25, -0.2) is 4.39 Å². The van der Waals surface area contributed by atoms with Crippen LogP contribution in [0.1, 0.15) is 20.8 Å². The smallest absolute Gasteiger partial charge is 0.274 e. The van der Waals surface area contributed by atoms with E-state index in [-0.39, 0.29) is 11.1 Å². The standard InChI is InChI=1S/C12H17FN2O2/c1-12(2,3)8-14(4)10-5-9(13)6-11(7-10)15(16)17/h5-7H,8H2,1-4H3. The van der Waals surface area contributed by atoms with Gasteiger partial charge in [-0.3, -0.25) is 10.1 Å². The molecular formula is C12H17FN2O2. The molecule has 0 saturated heterocycles. The van der Waals surface area contributed by atoms with E-state index in [4.69, 9.17) is 0 Å². The van der Waals surface area contributed by atoms with E-state index in [0.29, 0.717) is 12.2 Å². The van der Waals surface area contributed by atoms with E-state index in [1.54, 1.807) is 7.05 Å². The van der Waals surface area contributed by atoms with E-state index in [9.17, 15) is 14.5 Å². The van der Waals surface area contributed by atoms with Crippen LogP contribution in [0.2, 0.25) is 0 Å². The molecule has 0 aliphatic carbocycles. The molecule has 1 rings (SSSR count). The quantitative estimate of drug-likeness (QED) is 0.602. The maximum atomic E-state index is 13.3. The van der Waals surface area contributed by atoms with Gasteiger partial charge in [-0.1, -0.05) is 20.8 Å². The summed E-state index contributed by atoms with van der Waals surface area (Å²) in [6.45, 7) is 6.85. The van der Waals surface area contributed by atoms with Crippen LogP contribution in [-0.2, 0) is 0 Å². The Labute approximate surface area is 100 Å². The van der Waals surface area contributed by atoms with Gasteiger partial charge in [-0.05, 0) is 11.5 Å². The van der Waals surface area contributed by atoms with Crippen molar-refractivity contribution in [2.75, 3.05) is 18.5 Å². The molecule has 0 aromatic heterocycles. The van der Waals surface area contributed by atoms with Crippen LogP contribution in [0, 0.1) is 21.3 Å². The first kappa shape index (κ1) is 13.4. The molecule has 1 aromatic rings. The molecule has 0 bridgehead atoms. The van der Waals surface area contributed by atoms with Crippen LogP contribution < -0.4 is 4.90 Å². The van der Waals surface area contributed by atoms with E-state index in [1.807, 2.05) is 4.90 Å². The van der Waals surface area contributed by atoms with Gasteiger partial charge in [0.25, 0.3) is 5.69 Å². The monoisotopic (exact) mass is 240 g/mol. The lowest BCUT2D eigenvalue weighted by molar-refractivity contribution is -0.385. The van der Waals surface area contributed by atoms with Crippen molar-refractivity contribution in [3.05, 3.63) is 34.1 Å². The third-order valence-electron chi connectivity index (χ3n) is 2.23. The highest BCUT2D eigenvalue weighted by atomic mass is 19.1. The van der Waals surface area contributed by atoms with Gasteiger partial charge in [0.05, 0.1) is 11.0 Å². The Kier molecular flexibility index (Phi) is 3.70. The Hall–Kier alpha value is -1.65. The number of hydrogen-bond donors (Lipinski definition) is 0. The van der Waals surface area contributed by atoms with Crippen molar-refractivity contribution in [1.82, 2.24) is 0 Å². The highest BCUT2D eigenvalue weighted by molar-refractivity contribution is 5.53. The first-order valence-corrected chi connectivity index (χ1v) is 5.35. The minimum atomic E-state index is -0.588. The van der Waals surface area contributed by atoms with Crippen molar-refractivity contribution in [2.24, 2.45) is 5.41 Å². The molecule has 4 nitrogen and oxygen atoms in total. The minimum absolute atomic E-state index is 0.0375. The van der Waals surface area contributed by atoms with E-state index in [0.717, 1.165) is 6.07 Å². The number of hydrogen-bond acceptors (Lipinski definition) is 3. The van der Waals surface area contributed by atoms with Crippen LogP contribution in [-0.4, -0.2) is 18.5 Å². The molecule has 0 fully saturated rings. The highest BCUT2D eigenvalue weighted by Crippen LogP contribution is 2.25. The Morgan fingerprint density at radius 3 is 2.41 bits per heavy atom. The third-order valence-corrected chi connectivity index (χ3v) is 2.23. The average Bonchev–Trinajstić information content (AvgIpc) is 2.13. The Morgan fingerprint density at radius 1 is 1.35 bits per heavy atom. The molecule has 0 heterocycles. The first-order chi connectivity index (χ1) is 7.69. The maximum Gasteiger partial charge on any atom is 0.274 e. The van der Waals surface area contributed by atoms with Crippen molar-refractivity contribution < 1.29 is 9.31 Å². The summed E-state index contributed by atoms with van der Waals surface area (Å²) in [5.74, 6) is -0.588. The zero-order valence-corrected chi connectivity index (χ0v) is 10.5. The maximum absolute atomic E-state index is 13.3. The molecule has 0 N–H and O–H groups in total. The van der Waals surface area contributed by atoms with Crippen LogP contribution in [0.3, 0.4) is 0 Å². The van der Waals surface area contributed by atoms with Crippen molar-refractivity contribution in [2.45, 2.75) is 20.8 Å². The van der Waals surface area contributed by atoms with Crippen LogP contribution in [0.15, 0.2) is 18.2 Å². The van der Waals surface area contributed by atoms with Crippen molar-refractivity contribution in [3.8, 4) is 0 Å². The van der Waals surface area contributed by atoms with Gasteiger partial charge in [0.2, 0.25) is 0 Å². The summed E-state index contributed by atoms with van der Waals surface area (Å²) in [6, 6.07) is 3.61. The summed E-state index contributed by atoms with van der Waals surface area (Å²) in [7, 11) is 1.80. The number of rotatable bonds is 3. The minimum Gasteiger partial charge on any atom is -0.374 e. The average molecular weight is 240 g/mol. The fraction of sp³-hybridized carbons (Fsp3) is 0.500. The number of benzene rings is 1. The van der Waals surface area contributed by atoms with E-state index in [1.165, 1.54) is 12.1 Å². The topological polar surface area (TPSA) is 46.4 Å². The predicted molar refractivity (Wildman–Crippen MR) is 65.8 cm³/mol. The van der Waals surface area contributed by atoms with Gasteiger partial charge in [0.1, 0.15) is 5.82 Å². The van der Waals surface area contributed by atoms with Crippen LogP contribution in [0.5, 0.6) is 0 Å². The zero-order chi connectivity index (χ0) is 13.2. The number of nitro groups is 1. The van der Waals surface area contributed by atoms with Crippen molar-refractivity contribution >= 4 is 11.4 Å². The summed E-state index contributed by atoms with van der Waals surface area (Å²) in [5.41, 5.74) is 0.336. The van der Waals surface area contributed by atoms with Crippen LogP contribution in [0.4, 0.5) is 15.8 Å². The second kappa shape index (κ2) is 4.69. The lowest BCUT2D eigenvalue weighted by atomic mass is 9.96. The predicted octanol–water partition coefficient (Wildman–Crippen LogP) is 3.22. The third kappa shape index (κ3) is 4.01. The Morgan fingerprint density at radius 2 is 1.94 bits per heavy atom. The van der Waals surface area contributed by atoms with E-state index < -0.39 is 10.7 Å². The summed E-state index contributed by atoms with van der Waals surface area (Å²) < 4.78 is 13.3. The van der Waals surface area contributed by atoms with Crippen LogP contribution in [0.25, 0.3) is 0 Å². The van der Waals surface area contributed by atoms with Gasteiger partial charge >= 0.3 is 0 Å². The zero-order valence-electron chi connectivity index (χ0n) is 10.5.